The molecule has 0 atom stereocenters. The predicted molar refractivity (Wildman–Crippen MR) is 54.1 cm³/mol. The summed E-state index contributed by atoms with van der Waals surface area (Å²) in [7, 11) is 0. The van der Waals surface area contributed by atoms with Crippen molar-refractivity contribution in [3.8, 4) is 0 Å². The normalized spacial score (nSPS) is 10.5. The Hall–Kier alpha value is -1.95. The van der Waals surface area contributed by atoms with Crippen molar-refractivity contribution in [3.05, 3.63) is 39.2 Å². The lowest BCUT2D eigenvalue weighted by atomic mass is 10.2. The smallest absolute Gasteiger partial charge is 0.306 e. The summed E-state index contributed by atoms with van der Waals surface area (Å²) in [6.07, 6.45) is 4.65. The minimum absolute atomic E-state index is 0.0764. The topological polar surface area (TPSA) is 99.1 Å². The van der Waals surface area contributed by atoms with Crippen molar-refractivity contribution < 1.29 is 9.72 Å². The van der Waals surface area contributed by atoms with Gasteiger partial charge in [-0.05, 0) is 6.08 Å². The Balaban J connectivity index is 3.15. The first-order chi connectivity index (χ1) is 7.02. The van der Waals surface area contributed by atoms with Gasteiger partial charge in [-0.2, -0.15) is 0 Å². The Kier molecular flexibility index (Phi) is 3.35. The molecule has 1 rings (SSSR count). The van der Waals surface area contributed by atoms with Crippen LogP contribution in [0.3, 0.4) is 0 Å². The van der Waals surface area contributed by atoms with Crippen LogP contribution in [-0.2, 0) is 4.79 Å². The number of nitrogens with zero attached hydrogens (tertiary/aromatic N) is 2. The molecule has 78 valence electrons. The van der Waals surface area contributed by atoms with Crippen LogP contribution in [0.4, 0.5) is 5.69 Å². The van der Waals surface area contributed by atoms with Gasteiger partial charge in [0.25, 0.3) is 0 Å². The second-order valence-electron chi connectivity index (χ2n) is 2.55. The fourth-order valence-corrected chi connectivity index (χ4v) is 1.09. The molecule has 0 aromatic carbocycles. The number of carbonyl (C=O) groups is 1. The van der Waals surface area contributed by atoms with E-state index in [1.165, 1.54) is 12.3 Å². The zero-order chi connectivity index (χ0) is 11.4. The van der Waals surface area contributed by atoms with E-state index in [2.05, 4.69) is 4.98 Å². The number of nitro groups is 1. The van der Waals surface area contributed by atoms with Gasteiger partial charge >= 0.3 is 5.69 Å². The first-order valence-electron chi connectivity index (χ1n) is 3.77. The van der Waals surface area contributed by atoms with E-state index in [9.17, 15) is 14.9 Å². The fourth-order valence-electron chi connectivity index (χ4n) is 0.865. The van der Waals surface area contributed by atoms with E-state index in [1.54, 1.807) is 0 Å². The maximum absolute atomic E-state index is 10.5. The van der Waals surface area contributed by atoms with Gasteiger partial charge in [-0.15, -0.1) is 0 Å². The van der Waals surface area contributed by atoms with Gasteiger partial charge in [-0.25, -0.2) is 0 Å². The molecule has 1 aromatic heterocycles. The minimum atomic E-state index is -0.669. The van der Waals surface area contributed by atoms with Crippen molar-refractivity contribution in [2.75, 3.05) is 0 Å². The lowest BCUT2D eigenvalue weighted by Gasteiger charge is -1.97. The SMILES string of the molecule is NC(=O)C=Cc1cncc([N+](=O)[O-])c1Cl. The van der Waals surface area contributed by atoms with E-state index in [0.717, 1.165) is 12.3 Å². The number of nitrogens with two attached hydrogens (primary N) is 1. The van der Waals surface area contributed by atoms with Gasteiger partial charge < -0.3 is 5.73 Å². The minimum Gasteiger partial charge on any atom is -0.366 e. The molecular formula is C8H6ClN3O3. The van der Waals surface area contributed by atoms with Crippen LogP contribution in [0.2, 0.25) is 5.02 Å². The summed E-state index contributed by atoms with van der Waals surface area (Å²) in [5.41, 5.74) is 4.82. The quantitative estimate of drug-likeness (QED) is 0.475. The standard InChI is InChI=1S/C8H6ClN3O3/c9-8-5(1-2-7(10)13)3-11-4-6(8)12(14)15/h1-4H,(H2,10,13). The molecule has 0 aliphatic heterocycles. The molecule has 15 heavy (non-hydrogen) atoms. The zero-order valence-electron chi connectivity index (χ0n) is 7.38. The van der Waals surface area contributed by atoms with E-state index in [0.29, 0.717) is 0 Å². The molecule has 1 aromatic rings. The molecule has 0 aliphatic carbocycles. The summed E-state index contributed by atoms with van der Waals surface area (Å²) in [6.45, 7) is 0. The fraction of sp³-hybridized carbons (Fsp3) is 0. The molecule has 0 bridgehead atoms. The van der Waals surface area contributed by atoms with E-state index in [4.69, 9.17) is 17.3 Å². The highest BCUT2D eigenvalue weighted by Gasteiger charge is 2.14. The Morgan fingerprint density at radius 3 is 2.80 bits per heavy atom. The summed E-state index contributed by atoms with van der Waals surface area (Å²) >= 11 is 5.70. The summed E-state index contributed by atoms with van der Waals surface area (Å²) in [4.78, 5) is 23.9. The van der Waals surface area contributed by atoms with Gasteiger partial charge in [-0.3, -0.25) is 19.9 Å². The molecule has 0 radical (unpaired) electrons. The molecular weight excluding hydrogens is 222 g/mol. The third-order valence-corrected chi connectivity index (χ3v) is 1.92. The third-order valence-electron chi connectivity index (χ3n) is 1.51. The second kappa shape index (κ2) is 4.52. The van der Waals surface area contributed by atoms with Crippen molar-refractivity contribution in [2.24, 2.45) is 5.73 Å². The van der Waals surface area contributed by atoms with Crippen molar-refractivity contribution in [1.82, 2.24) is 4.98 Å². The van der Waals surface area contributed by atoms with Crippen LogP contribution in [-0.4, -0.2) is 15.8 Å². The van der Waals surface area contributed by atoms with E-state index >= 15 is 0 Å². The van der Waals surface area contributed by atoms with Gasteiger partial charge in [0.2, 0.25) is 5.91 Å². The number of halogens is 1. The first kappa shape index (κ1) is 11.1. The molecule has 0 spiro atoms. The van der Waals surface area contributed by atoms with Gasteiger partial charge in [0.05, 0.1) is 4.92 Å². The summed E-state index contributed by atoms with van der Waals surface area (Å²) < 4.78 is 0. The average Bonchev–Trinajstić information content (AvgIpc) is 2.15. The second-order valence-corrected chi connectivity index (χ2v) is 2.93. The molecule has 0 aliphatic rings. The number of aromatic nitrogens is 1. The number of hydrogen-bond donors (Lipinski definition) is 1. The zero-order valence-corrected chi connectivity index (χ0v) is 8.14. The predicted octanol–water partition coefficient (Wildman–Crippen LogP) is 1.14. The van der Waals surface area contributed by atoms with Gasteiger partial charge in [0.1, 0.15) is 11.2 Å². The van der Waals surface area contributed by atoms with E-state index < -0.39 is 10.8 Å². The molecule has 1 amide bonds. The summed E-state index contributed by atoms with van der Waals surface area (Å²) in [6, 6.07) is 0. The van der Waals surface area contributed by atoms with Crippen molar-refractivity contribution in [1.29, 1.82) is 0 Å². The van der Waals surface area contributed by atoms with Crippen LogP contribution in [0.25, 0.3) is 6.08 Å². The van der Waals surface area contributed by atoms with Crippen LogP contribution < -0.4 is 5.73 Å². The maximum Gasteiger partial charge on any atom is 0.306 e. The van der Waals surface area contributed by atoms with Crippen molar-refractivity contribution in [3.63, 3.8) is 0 Å². The van der Waals surface area contributed by atoms with Crippen molar-refractivity contribution >= 4 is 29.3 Å². The Labute approximate surface area is 89.5 Å². The third kappa shape index (κ3) is 2.75. The average molecular weight is 228 g/mol. The van der Waals surface area contributed by atoms with Crippen LogP contribution in [0.5, 0.6) is 0 Å². The number of hydrogen-bond acceptors (Lipinski definition) is 4. The summed E-state index contributed by atoms with van der Waals surface area (Å²) in [5.74, 6) is -0.669. The highest BCUT2D eigenvalue weighted by atomic mass is 35.5. The lowest BCUT2D eigenvalue weighted by Crippen LogP contribution is -2.05. The Morgan fingerprint density at radius 1 is 1.60 bits per heavy atom. The van der Waals surface area contributed by atoms with E-state index in [-0.39, 0.29) is 16.3 Å². The molecule has 1 heterocycles. The monoisotopic (exact) mass is 227 g/mol. The highest BCUT2D eigenvalue weighted by molar-refractivity contribution is 6.34. The molecule has 0 fully saturated rings. The molecule has 2 N–H and O–H groups in total. The highest BCUT2D eigenvalue weighted by Crippen LogP contribution is 2.27. The first-order valence-corrected chi connectivity index (χ1v) is 4.15. The number of amides is 1. The molecule has 7 heteroatoms. The van der Waals surface area contributed by atoms with E-state index in [1.807, 2.05) is 0 Å². The molecule has 0 saturated heterocycles. The number of pyridine rings is 1. The number of rotatable bonds is 3. The Bertz CT molecular complexity index is 445. The Morgan fingerprint density at radius 2 is 2.27 bits per heavy atom. The van der Waals surface area contributed by atoms with Crippen molar-refractivity contribution in [2.45, 2.75) is 0 Å². The number of primary amides is 1. The van der Waals surface area contributed by atoms with Gasteiger partial charge in [0, 0.05) is 17.8 Å². The largest absolute Gasteiger partial charge is 0.366 e. The molecule has 0 unspecified atom stereocenters. The number of carbonyl (C=O) groups excluding carboxylic acids is 1. The van der Waals surface area contributed by atoms with Gasteiger partial charge in [-0.1, -0.05) is 11.6 Å². The summed E-state index contributed by atoms with van der Waals surface area (Å²) in [5, 5.41) is 10.4. The van der Waals surface area contributed by atoms with Crippen LogP contribution in [0.1, 0.15) is 5.56 Å². The van der Waals surface area contributed by atoms with Crippen LogP contribution in [0.15, 0.2) is 18.5 Å². The van der Waals surface area contributed by atoms with Gasteiger partial charge in [0.15, 0.2) is 0 Å². The van der Waals surface area contributed by atoms with Crippen LogP contribution in [0, 0.1) is 10.1 Å². The van der Waals surface area contributed by atoms with Crippen LogP contribution >= 0.6 is 11.6 Å². The molecule has 0 saturated carbocycles. The maximum atomic E-state index is 10.5. The lowest BCUT2D eigenvalue weighted by molar-refractivity contribution is -0.385. The molecule has 6 nitrogen and oxygen atoms in total.